The number of aliphatic hydroxyl groups is 1. The fraction of sp³-hybridized carbons (Fsp3) is 0.214. The molecular formula is C14H13NO. The Morgan fingerprint density at radius 1 is 1.06 bits per heavy atom. The minimum Gasteiger partial charge on any atom is -0.380 e. The molecule has 2 heteroatoms. The highest BCUT2D eigenvalue weighted by molar-refractivity contribution is 5.44. The van der Waals surface area contributed by atoms with Gasteiger partial charge in [0.1, 0.15) is 5.60 Å². The van der Waals surface area contributed by atoms with Crippen LogP contribution < -0.4 is 0 Å². The Morgan fingerprint density at radius 3 is 2.62 bits per heavy atom. The molecule has 1 aliphatic carbocycles. The predicted octanol–water partition coefficient (Wildman–Crippen LogP) is 2.26. The van der Waals surface area contributed by atoms with Crippen LogP contribution in [-0.2, 0) is 12.0 Å². The maximum Gasteiger partial charge on any atom is 0.115 e. The predicted molar refractivity (Wildman–Crippen MR) is 62.0 cm³/mol. The number of fused-ring (bicyclic) bond motifs is 1. The zero-order valence-corrected chi connectivity index (χ0v) is 8.93. The van der Waals surface area contributed by atoms with E-state index in [2.05, 4.69) is 11.1 Å². The van der Waals surface area contributed by atoms with Gasteiger partial charge < -0.3 is 5.11 Å². The number of nitrogens with zero attached hydrogens (tertiary/aromatic N) is 1. The van der Waals surface area contributed by atoms with Gasteiger partial charge in [0.2, 0.25) is 0 Å². The SMILES string of the molecule is OC1(c2ccncc2)CCc2ccccc21. The van der Waals surface area contributed by atoms with Crippen LogP contribution in [0.5, 0.6) is 0 Å². The van der Waals surface area contributed by atoms with Gasteiger partial charge in [-0.15, -0.1) is 0 Å². The Bertz CT molecular complexity index is 509. The molecule has 0 bridgehead atoms. The summed E-state index contributed by atoms with van der Waals surface area (Å²) in [5.74, 6) is 0. The lowest BCUT2D eigenvalue weighted by Gasteiger charge is -2.24. The first-order valence-corrected chi connectivity index (χ1v) is 5.52. The van der Waals surface area contributed by atoms with Crippen molar-refractivity contribution in [2.75, 3.05) is 0 Å². The zero-order valence-electron chi connectivity index (χ0n) is 8.93. The molecule has 0 fully saturated rings. The molecule has 1 aliphatic rings. The first-order valence-electron chi connectivity index (χ1n) is 5.52. The third kappa shape index (κ3) is 1.27. The summed E-state index contributed by atoms with van der Waals surface area (Å²) in [7, 11) is 0. The second-order valence-corrected chi connectivity index (χ2v) is 4.25. The molecule has 1 aromatic carbocycles. The summed E-state index contributed by atoms with van der Waals surface area (Å²) in [5.41, 5.74) is 2.41. The second kappa shape index (κ2) is 3.42. The lowest BCUT2D eigenvalue weighted by Crippen LogP contribution is -2.23. The van der Waals surface area contributed by atoms with Crippen LogP contribution in [0.1, 0.15) is 23.1 Å². The third-order valence-corrected chi connectivity index (χ3v) is 3.38. The quantitative estimate of drug-likeness (QED) is 0.785. The maximum absolute atomic E-state index is 10.8. The van der Waals surface area contributed by atoms with Crippen molar-refractivity contribution in [1.29, 1.82) is 0 Å². The number of benzene rings is 1. The highest BCUT2D eigenvalue weighted by Gasteiger charge is 2.37. The average molecular weight is 211 g/mol. The molecule has 1 atom stereocenters. The molecular weight excluding hydrogens is 198 g/mol. The average Bonchev–Trinajstić information content (AvgIpc) is 2.71. The topological polar surface area (TPSA) is 33.1 Å². The van der Waals surface area contributed by atoms with Crippen molar-refractivity contribution in [3.63, 3.8) is 0 Å². The molecule has 1 unspecified atom stereocenters. The van der Waals surface area contributed by atoms with E-state index >= 15 is 0 Å². The lowest BCUT2D eigenvalue weighted by atomic mass is 9.89. The van der Waals surface area contributed by atoms with Crippen LogP contribution in [0.4, 0.5) is 0 Å². The van der Waals surface area contributed by atoms with Gasteiger partial charge in [-0.25, -0.2) is 0 Å². The van der Waals surface area contributed by atoms with Gasteiger partial charge in [-0.1, -0.05) is 24.3 Å². The van der Waals surface area contributed by atoms with Crippen molar-refractivity contribution in [2.24, 2.45) is 0 Å². The van der Waals surface area contributed by atoms with Crippen molar-refractivity contribution in [3.05, 3.63) is 65.5 Å². The fourth-order valence-corrected chi connectivity index (χ4v) is 2.52. The molecule has 0 saturated carbocycles. The molecule has 80 valence electrons. The van der Waals surface area contributed by atoms with Crippen molar-refractivity contribution in [1.82, 2.24) is 4.98 Å². The summed E-state index contributed by atoms with van der Waals surface area (Å²) in [4.78, 5) is 3.99. The Morgan fingerprint density at radius 2 is 1.81 bits per heavy atom. The molecule has 3 rings (SSSR count). The number of hydrogen-bond acceptors (Lipinski definition) is 2. The van der Waals surface area contributed by atoms with Crippen LogP contribution in [0.25, 0.3) is 0 Å². The minimum absolute atomic E-state index is 0.760. The standard InChI is InChI=1S/C14H13NO/c16-14(12-6-9-15-10-7-12)8-5-11-3-1-2-4-13(11)14/h1-4,6-7,9-10,16H,5,8H2. The van der Waals surface area contributed by atoms with Gasteiger partial charge in [-0.05, 0) is 41.7 Å². The van der Waals surface area contributed by atoms with Gasteiger partial charge >= 0.3 is 0 Å². The molecule has 0 saturated heterocycles. The van der Waals surface area contributed by atoms with E-state index in [9.17, 15) is 5.11 Å². The summed E-state index contributed by atoms with van der Waals surface area (Å²) in [5, 5.41) is 10.8. The molecule has 0 amide bonds. The molecule has 1 N–H and O–H groups in total. The summed E-state index contributed by atoms with van der Waals surface area (Å²) in [6.45, 7) is 0. The van der Waals surface area contributed by atoms with Crippen molar-refractivity contribution >= 4 is 0 Å². The maximum atomic E-state index is 10.8. The van der Waals surface area contributed by atoms with Crippen LogP contribution in [0.3, 0.4) is 0 Å². The number of hydrogen-bond donors (Lipinski definition) is 1. The Balaban J connectivity index is 2.15. The van der Waals surface area contributed by atoms with E-state index < -0.39 is 5.60 Å². The summed E-state index contributed by atoms with van der Waals surface area (Å²) in [6.07, 6.45) is 5.16. The van der Waals surface area contributed by atoms with Crippen LogP contribution in [0.15, 0.2) is 48.8 Å². The molecule has 16 heavy (non-hydrogen) atoms. The lowest BCUT2D eigenvalue weighted by molar-refractivity contribution is 0.0828. The highest BCUT2D eigenvalue weighted by Crippen LogP contribution is 2.41. The van der Waals surface area contributed by atoms with E-state index in [4.69, 9.17) is 0 Å². The third-order valence-electron chi connectivity index (χ3n) is 3.38. The Hall–Kier alpha value is -1.67. The molecule has 2 nitrogen and oxygen atoms in total. The van der Waals surface area contributed by atoms with Gasteiger partial charge in [0.15, 0.2) is 0 Å². The van der Waals surface area contributed by atoms with Crippen LogP contribution in [0, 0.1) is 0 Å². The summed E-state index contributed by atoms with van der Waals surface area (Å²) >= 11 is 0. The van der Waals surface area contributed by atoms with Crippen LogP contribution in [0.2, 0.25) is 0 Å². The monoisotopic (exact) mass is 211 g/mol. The van der Waals surface area contributed by atoms with E-state index in [1.54, 1.807) is 12.4 Å². The zero-order chi connectivity index (χ0) is 11.0. The van der Waals surface area contributed by atoms with Gasteiger partial charge in [0.05, 0.1) is 0 Å². The van der Waals surface area contributed by atoms with E-state index in [1.807, 2.05) is 30.3 Å². The first-order chi connectivity index (χ1) is 7.81. The Labute approximate surface area is 94.6 Å². The van der Waals surface area contributed by atoms with Gasteiger partial charge in [0.25, 0.3) is 0 Å². The van der Waals surface area contributed by atoms with Crippen molar-refractivity contribution < 1.29 is 5.11 Å². The number of pyridine rings is 1. The number of aryl methyl sites for hydroxylation is 1. The fourth-order valence-electron chi connectivity index (χ4n) is 2.52. The molecule has 1 aromatic heterocycles. The Kier molecular flexibility index (Phi) is 2.04. The molecule has 2 aromatic rings. The van der Waals surface area contributed by atoms with Gasteiger partial charge in [-0.2, -0.15) is 0 Å². The van der Waals surface area contributed by atoms with Crippen molar-refractivity contribution in [3.8, 4) is 0 Å². The van der Waals surface area contributed by atoms with Crippen LogP contribution in [-0.4, -0.2) is 10.1 Å². The summed E-state index contributed by atoms with van der Waals surface area (Å²) in [6, 6.07) is 11.9. The van der Waals surface area contributed by atoms with E-state index in [0.717, 1.165) is 24.0 Å². The van der Waals surface area contributed by atoms with Crippen molar-refractivity contribution in [2.45, 2.75) is 18.4 Å². The van der Waals surface area contributed by atoms with Gasteiger partial charge in [0, 0.05) is 12.4 Å². The smallest absolute Gasteiger partial charge is 0.115 e. The molecule has 0 radical (unpaired) electrons. The summed E-state index contributed by atoms with van der Waals surface area (Å²) < 4.78 is 0. The van der Waals surface area contributed by atoms with Crippen LogP contribution >= 0.6 is 0 Å². The van der Waals surface area contributed by atoms with E-state index in [-0.39, 0.29) is 0 Å². The number of aromatic nitrogens is 1. The minimum atomic E-state index is -0.820. The largest absolute Gasteiger partial charge is 0.380 e. The molecule has 1 heterocycles. The molecule has 0 spiro atoms. The molecule has 0 aliphatic heterocycles. The second-order valence-electron chi connectivity index (χ2n) is 4.25. The first kappa shape index (κ1) is 9.55. The van der Waals surface area contributed by atoms with E-state index in [1.165, 1.54) is 5.56 Å². The van der Waals surface area contributed by atoms with E-state index in [0.29, 0.717) is 0 Å². The highest BCUT2D eigenvalue weighted by atomic mass is 16.3. The number of rotatable bonds is 1. The van der Waals surface area contributed by atoms with Gasteiger partial charge in [-0.3, -0.25) is 4.98 Å². The normalized spacial score (nSPS) is 23.1.